The molecule has 1 amide bonds. The molecular formula is C15H17N3O. The first-order valence-electron chi connectivity index (χ1n) is 6.28. The highest BCUT2D eigenvalue weighted by Gasteiger charge is 2.12. The van der Waals surface area contributed by atoms with Crippen LogP contribution in [0.2, 0.25) is 0 Å². The van der Waals surface area contributed by atoms with Gasteiger partial charge in [-0.1, -0.05) is 18.2 Å². The SMILES string of the molecule is CCNc1ncccc1C(=O)Nc1ccccc1C. The molecule has 0 atom stereocenters. The fourth-order valence-electron chi connectivity index (χ4n) is 1.80. The van der Waals surface area contributed by atoms with Gasteiger partial charge in [-0.25, -0.2) is 4.98 Å². The normalized spacial score (nSPS) is 10.0. The van der Waals surface area contributed by atoms with Crippen molar-refractivity contribution in [3.63, 3.8) is 0 Å². The van der Waals surface area contributed by atoms with E-state index in [0.29, 0.717) is 11.4 Å². The molecule has 0 aliphatic rings. The van der Waals surface area contributed by atoms with Crippen LogP contribution in [-0.2, 0) is 0 Å². The number of carbonyl (C=O) groups is 1. The van der Waals surface area contributed by atoms with Crippen LogP contribution in [-0.4, -0.2) is 17.4 Å². The second kappa shape index (κ2) is 6.00. The predicted molar refractivity (Wildman–Crippen MR) is 77.5 cm³/mol. The van der Waals surface area contributed by atoms with Gasteiger partial charge in [0.15, 0.2) is 0 Å². The molecule has 0 saturated heterocycles. The summed E-state index contributed by atoms with van der Waals surface area (Å²) in [6, 6.07) is 11.2. The Morgan fingerprint density at radius 1 is 1.21 bits per heavy atom. The first kappa shape index (κ1) is 13.1. The van der Waals surface area contributed by atoms with Crippen molar-refractivity contribution in [1.29, 1.82) is 0 Å². The molecule has 0 unspecified atom stereocenters. The summed E-state index contributed by atoms with van der Waals surface area (Å²) in [5, 5.41) is 5.99. The number of nitrogens with one attached hydrogen (secondary N) is 2. The summed E-state index contributed by atoms with van der Waals surface area (Å²) >= 11 is 0. The van der Waals surface area contributed by atoms with Crippen molar-refractivity contribution >= 4 is 17.4 Å². The fraction of sp³-hybridized carbons (Fsp3) is 0.200. The van der Waals surface area contributed by atoms with Gasteiger partial charge < -0.3 is 10.6 Å². The third kappa shape index (κ3) is 3.10. The van der Waals surface area contributed by atoms with Crippen LogP contribution in [0, 0.1) is 6.92 Å². The average Bonchev–Trinajstić information content (AvgIpc) is 2.42. The number of benzene rings is 1. The van der Waals surface area contributed by atoms with Crippen molar-refractivity contribution in [2.45, 2.75) is 13.8 Å². The molecule has 0 aliphatic carbocycles. The Morgan fingerprint density at radius 2 is 2.00 bits per heavy atom. The van der Waals surface area contributed by atoms with Crippen LogP contribution in [0.25, 0.3) is 0 Å². The highest BCUT2D eigenvalue weighted by Crippen LogP contribution is 2.17. The van der Waals surface area contributed by atoms with Crippen molar-refractivity contribution in [3.8, 4) is 0 Å². The van der Waals surface area contributed by atoms with Crippen LogP contribution in [0.1, 0.15) is 22.8 Å². The van der Waals surface area contributed by atoms with Crippen molar-refractivity contribution < 1.29 is 4.79 Å². The van der Waals surface area contributed by atoms with E-state index in [9.17, 15) is 4.79 Å². The molecule has 0 bridgehead atoms. The van der Waals surface area contributed by atoms with Crippen LogP contribution in [0.3, 0.4) is 0 Å². The molecule has 0 saturated carbocycles. The minimum absolute atomic E-state index is 0.154. The molecule has 2 aromatic rings. The topological polar surface area (TPSA) is 54.0 Å². The second-order valence-electron chi connectivity index (χ2n) is 4.20. The first-order chi connectivity index (χ1) is 9.22. The number of hydrogen-bond donors (Lipinski definition) is 2. The van der Waals surface area contributed by atoms with E-state index < -0.39 is 0 Å². The Kier molecular flexibility index (Phi) is 4.13. The molecular weight excluding hydrogens is 238 g/mol. The van der Waals surface area contributed by atoms with Crippen LogP contribution in [0.4, 0.5) is 11.5 Å². The summed E-state index contributed by atoms with van der Waals surface area (Å²) in [6.45, 7) is 4.66. The summed E-state index contributed by atoms with van der Waals surface area (Å²) < 4.78 is 0. The number of nitrogens with zero attached hydrogens (tertiary/aromatic N) is 1. The van der Waals surface area contributed by atoms with Gasteiger partial charge in [0.2, 0.25) is 0 Å². The summed E-state index contributed by atoms with van der Waals surface area (Å²) in [4.78, 5) is 16.5. The molecule has 0 spiro atoms. The molecule has 1 aromatic heterocycles. The third-order valence-electron chi connectivity index (χ3n) is 2.79. The highest BCUT2D eigenvalue weighted by molar-refractivity contribution is 6.07. The zero-order chi connectivity index (χ0) is 13.7. The molecule has 4 heteroatoms. The summed E-state index contributed by atoms with van der Waals surface area (Å²) in [7, 11) is 0. The van der Waals surface area contributed by atoms with E-state index in [1.165, 1.54) is 0 Å². The van der Waals surface area contributed by atoms with Gasteiger partial charge in [-0.15, -0.1) is 0 Å². The van der Waals surface area contributed by atoms with Crippen LogP contribution < -0.4 is 10.6 Å². The Morgan fingerprint density at radius 3 is 2.74 bits per heavy atom. The Balaban J connectivity index is 2.23. The van der Waals surface area contributed by atoms with E-state index in [0.717, 1.165) is 17.8 Å². The van der Waals surface area contributed by atoms with Gasteiger partial charge in [0.25, 0.3) is 5.91 Å². The van der Waals surface area contributed by atoms with E-state index in [-0.39, 0.29) is 5.91 Å². The molecule has 2 rings (SSSR count). The van der Waals surface area contributed by atoms with Gasteiger partial charge in [-0.2, -0.15) is 0 Å². The first-order valence-corrected chi connectivity index (χ1v) is 6.28. The van der Waals surface area contributed by atoms with Crippen LogP contribution in [0.5, 0.6) is 0 Å². The maximum absolute atomic E-state index is 12.3. The van der Waals surface area contributed by atoms with E-state index in [1.54, 1.807) is 18.3 Å². The monoisotopic (exact) mass is 255 g/mol. The predicted octanol–water partition coefficient (Wildman–Crippen LogP) is 3.07. The zero-order valence-electron chi connectivity index (χ0n) is 11.1. The van der Waals surface area contributed by atoms with E-state index in [2.05, 4.69) is 15.6 Å². The molecule has 1 aromatic carbocycles. The lowest BCUT2D eigenvalue weighted by Crippen LogP contribution is -2.16. The molecule has 19 heavy (non-hydrogen) atoms. The molecule has 98 valence electrons. The number of carbonyl (C=O) groups excluding carboxylic acids is 1. The van der Waals surface area contributed by atoms with Crippen molar-refractivity contribution in [1.82, 2.24) is 4.98 Å². The number of hydrogen-bond acceptors (Lipinski definition) is 3. The standard InChI is InChI=1S/C15H17N3O/c1-3-16-14-12(8-6-10-17-14)15(19)18-13-9-5-4-7-11(13)2/h4-10H,3H2,1-2H3,(H,16,17)(H,18,19). The lowest BCUT2D eigenvalue weighted by atomic mass is 10.2. The third-order valence-corrected chi connectivity index (χ3v) is 2.79. The average molecular weight is 255 g/mol. The molecule has 2 N–H and O–H groups in total. The van der Waals surface area contributed by atoms with Gasteiger partial charge in [0.05, 0.1) is 5.56 Å². The molecule has 0 aliphatic heterocycles. The van der Waals surface area contributed by atoms with E-state index in [4.69, 9.17) is 0 Å². The maximum atomic E-state index is 12.3. The Hall–Kier alpha value is -2.36. The molecule has 0 fully saturated rings. The van der Waals surface area contributed by atoms with Crippen molar-refractivity contribution in [2.75, 3.05) is 17.2 Å². The van der Waals surface area contributed by atoms with Crippen molar-refractivity contribution in [3.05, 3.63) is 53.7 Å². The Bertz CT molecular complexity index is 581. The molecule has 4 nitrogen and oxygen atoms in total. The zero-order valence-corrected chi connectivity index (χ0v) is 11.1. The number of anilines is 2. The number of para-hydroxylation sites is 1. The highest BCUT2D eigenvalue weighted by atomic mass is 16.1. The van der Waals surface area contributed by atoms with Gasteiger partial charge in [-0.05, 0) is 37.6 Å². The number of aryl methyl sites for hydroxylation is 1. The number of rotatable bonds is 4. The maximum Gasteiger partial charge on any atom is 0.259 e. The number of pyridine rings is 1. The molecule has 1 heterocycles. The lowest BCUT2D eigenvalue weighted by Gasteiger charge is -2.11. The summed E-state index contributed by atoms with van der Waals surface area (Å²) in [5.74, 6) is 0.453. The Labute approximate surface area is 112 Å². The van der Waals surface area contributed by atoms with Gasteiger partial charge in [-0.3, -0.25) is 4.79 Å². The number of amides is 1. The second-order valence-corrected chi connectivity index (χ2v) is 4.20. The molecule has 0 radical (unpaired) electrons. The minimum Gasteiger partial charge on any atom is -0.370 e. The number of aromatic nitrogens is 1. The van der Waals surface area contributed by atoms with Crippen molar-refractivity contribution in [2.24, 2.45) is 0 Å². The van der Waals surface area contributed by atoms with E-state index in [1.807, 2.05) is 38.1 Å². The van der Waals surface area contributed by atoms with E-state index >= 15 is 0 Å². The van der Waals surface area contributed by atoms with Crippen LogP contribution in [0.15, 0.2) is 42.6 Å². The largest absolute Gasteiger partial charge is 0.370 e. The fourth-order valence-corrected chi connectivity index (χ4v) is 1.80. The van der Waals surface area contributed by atoms with Gasteiger partial charge in [0, 0.05) is 18.4 Å². The minimum atomic E-state index is -0.154. The smallest absolute Gasteiger partial charge is 0.259 e. The quantitative estimate of drug-likeness (QED) is 0.882. The lowest BCUT2D eigenvalue weighted by molar-refractivity contribution is 0.102. The summed E-state index contributed by atoms with van der Waals surface area (Å²) in [6.07, 6.45) is 1.67. The summed E-state index contributed by atoms with van der Waals surface area (Å²) in [5.41, 5.74) is 2.40. The van der Waals surface area contributed by atoms with Gasteiger partial charge >= 0.3 is 0 Å². The van der Waals surface area contributed by atoms with Gasteiger partial charge in [0.1, 0.15) is 5.82 Å². The van der Waals surface area contributed by atoms with Crippen LogP contribution >= 0.6 is 0 Å².